The summed E-state index contributed by atoms with van der Waals surface area (Å²) in [6.07, 6.45) is 4.74. The first-order chi connectivity index (χ1) is 17.2. The number of rotatable bonds is 8. The Morgan fingerprint density at radius 2 is 1.64 bits per heavy atom. The number of likely N-dealkylation sites (tertiary alicyclic amines) is 1. The van der Waals surface area contributed by atoms with Crippen molar-refractivity contribution < 1.29 is 17.9 Å². The molecule has 0 radical (unpaired) electrons. The fourth-order valence-corrected chi connectivity index (χ4v) is 6.79. The lowest BCUT2D eigenvalue weighted by molar-refractivity contribution is -0.136. The van der Waals surface area contributed by atoms with Gasteiger partial charge in [-0.25, -0.2) is 12.7 Å². The number of nitrogens with zero attached hydrogens (tertiary/aromatic N) is 2. The number of halogens is 2. The zero-order chi connectivity index (χ0) is 25.8. The standard InChI is InChI=1S/C27H34Cl2N2O4S/c1-21-17-24(9-10-25(21)29)35-20-27(18-26(32)30-13-3-2-4-14-30)11-15-31(16-12-27)36(33,34)19-22-5-7-23(28)8-6-22/h5-10,17H,2-4,11-16,18-20H2,1H3. The molecule has 2 heterocycles. The minimum absolute atomic E-state index is 0.0651. The lowest BCUT2D eigenvalue weighted by Crippen LogP contribution is -2.48. The minimum Gasteiger partial charge on any atom is -0.493 e. The quantitative estimate of drug-likeness (QED) is 0.421. The molecule has 0 saturated carbocycles. The molecule has 2 saturated heterocycles. The summed E-state index contributed by atoms with van der Waals surface area (Å²) in [5, 5.41) is 1.25. The van der Waals surface area contributed by atoms with Crippen molar-refractivity contribution in [1.29, 1.82) is 0 Å². The SMILES string of the molecule is Cc1cc(OCC2(CC(=O)N3CCCCC3)CCN(S(=O)(=O)Cc3ccc(Cl)cc3)CC2)ccc1Cl. The summed E-state index contributed by atoms with van der Waals surface area (Å²) in [5.74, 6) is 0.785. The molecule has 9 heteroatoms. The van der Waals surface area contributed by atoms with Gasteiger partial charge in [-0.3, -0.25) is 4.79 Å². The van der Waals surface area contributed by atoms with Crippen molar-refractivity contribution in [3.8, 4) is 5.75 Å². The number of benzene rings is 2. The first-order valence-corrected chi connectivity index (χ1v) is 14.9. The minimum atomic E-state index is -3.49. The topological polar surface area (TPSA) is 66.9 Å². The number of ether oxygens (including phenoxy) is 1. The van der Waals surface area contributed by atoms with E-state index in [1.807, 2.05) is 30.0 Å². The highest BCUT2D eigenvalue weighted by Gasteiger charge is 2.41. The molecule has 0 N–H and O–H groups in total. The predicted molar refractivity (Wildman–Crippen MR) is 144 cm³/mol. The van der Waals surface area contributed by atoms with Gasteiger partial charge in [-0.1, -0.05) is 35.3 Å². The number of hydrogen-bond donors (Lipinski definition) is 0. The Labute approximate surface area is 224 Å². The van der Waals surface area contributed by atoms with Gasteiger partial charge in [-0.05, 0) is 80.5 Å². The van der Waals surface area contributed by atoms with Crippen molar-refractivity contribution in [3.63, 3.8) is 0 Å². The van der Waals surface area contributed by atoms with Crippen LogP contribution in [0.25, 0.3) is 0 Å². The molecule has 36 heavy (non-hydrogen) atoms. The van der Waals surface area contributed by atoms with Gasteiger partial charge < -0.3 is 9.64 Å². The van der Waals surface area contributed by atoms with Crippen LogP contribution in [0, 0.1) is 12.3 Å². The lowest BCUT2D eigenvalue weighted by Gasteiger charge is -2.42. The third-order valence-electron chi connectivity index (χ3n) is 7.35. The van der Waals surface area contributed by atoms with Gasteiger partial charge in [0.25, 0.3) is 0 Å². The number of piperidine rings is 2. The molecule has 6 nitrogen and oxygen atoms in total. The Bertz CT molecular complexity index is 1160. The first kappa shape index (κ1) is 27.2. The second-order valence-electron chi connectivity index (χ2n) is 10.1. The van der Waals surface area contributed by atoms with Crippen LogP contribution in [-0.2, 0) is 20.6 Å². The summed E-state index contributed by atoms with van der Waals surface area (Å²) in [6.45, 7) is 4.62. The van der Waals surface area contributed by atoms with Crippen LogP contribution in [-0.4, -0.2) is 56.3 Å². The van der Waals surface area contributed by atoms with Crippen LogP contribution in [0.5, 0.6) is 5.75 Å². The van der Waals surface area contributed by atoms with E-state index in [4.69, 9.17) is 27.9 Å². The molecule has 2 aromatic carbocycles. The van der Waals surface area contributed by atoms with Crippen LogP contribution in [0.3, 0.4) is 0 Å². The lowest BCUT2D eigenvalue weighted by atomic mass is 9.76. The maximum atomic E-state index is 13.2. The van der Waals surface area contributed by atoms with Crippen LogP contribution in [0.2, 0.25) is 10.0 Å². The van der Waals surface area contributed by atoms with Gasteiger partial charge in [-0.15, -0.1) is 0 Å². The molecule has 0 unspecified atom stereocenters. The third-order valence-corrected chi connectivity index (χ3v) is 9.87. The Hall–Kier alpha value is -1.80. The van der Waals surface area contributed by atoms with Crippen molar-refractivity contribution in [2.45, 2.75) is 51.2 Å². The smallest absolute Gasteiger partial charge is 0.223 e. The molecule has 2 aliphatic heterocycles. The highest BCUT2D eigenvalue weighted by Crippen LogP contribution is 2.38. The molecule has 0 aliphatic carbocycles. The van der Waals surface area contributed by atoms with Gasteiger partial charge in [0.15, 0.2) is 0 Å². The molecule has 2 aromatic rings. The van der Waals surface area contributed by atoms with E-state index in [0.29, 0.717) is 60.3 Å². The number of carbonyl (C=O) groups excluding carboxylic acids is 1. The maximum absolute atomic E-state index is 13.2. The van der Waals surface area contributed by atoms with Gasteiger partial charge in [0.05, 0.1) is 12.4 Å². The van der Waals surface area contributed by atoms with Gasteiger partial charge in [0.1, 0.15) is 5.75 Å². The monoisotopic (exact) mass is 552 g/mol. The van der Waals surface area contributed by atoms with E-state index < -0.39 is 15.4 Å². The van der Waals surface area contributed by atoms with E-state index in [1.165, 1.54) is 0 Å². The highest BCUT2D eigenvalue weighted by molar-refractivity contribution is 7.88. The average Bonchev–Trinajstić information content (AvgIpc) is 2.87. The zero-order valence-corrected chi connectivity index (χ0v) is 23.0. The normalized spacial score (nSPS) is 18.7. The Morgan fingerprint density at radius 1 is 0.972 bits per heavy atom. The van der Waals surface area contributed by atoms with Crippen LogP contribution in [0.1, 0.15) is 49.7 Å². The van der Waals surface area contributed by atoms with Crippen LogP contribution in [0.4, 0.5) is 0 Å². The maximum Gasteiger partial charge on any atom is 0.223 e. The van der Waals surface area contributed by atoms with E-state index in [9.17, 15) is 13.2 Å². The van der Waals surface area contributed by atoms with E-state index in [1.54, 1.807) is 28.6 Å². The molecule has 2 aliphatic rings. The molecule has 0 aromatic heterocycles. The van der Waals surface area contributed by atoms with Gasteiger partial charge >= 0.3 is 0 Å². The van der Waals surface area contributed by atoms with Crippen molar-refractivity contribution in [3.05, 3.63) is 63.6 Å². The fourth-order valence-electron chi connectivity index (χ4n) is 5.01. The van der Waals surface area contributed by atoms with Gasteiger partial charge in [0.2, 0.25) is 15.9 Å². The predicted octanol–water partition coefficient (Wildman–Crippen LogP) is 5.70. The molecular formula is C27H34Cl2N2O4S. The van der Waals surface area contributed by atoms with Gasteiger partial charge in [-0.2, -0.15) is 0 Å². The summed E-state index contributed by atoms with van der Waals surface area (Å²) in [7, 11) is -3.49. The zero-order valence-electron chi connectivity index (χ0n) is 20.7. The number of sulfonamides is 1. The second kappa shape index (κ2) is 11.7. The average molecular weight is 554 g/mol. The fraction of sp³-hybridized carbons (Fsp3) is 0.519. The molecular weight excluding hydrogens is 519 g/mol. The Balaban J connectivity index is 1.46. The molecule has 0 bridgehead atoms. The summed E-state index contributed by atoms with van der Waals surface area (Å²) in [5.41, 5.74) is 1.21. The number of amides is 1. The molecule has 1 amide bonds. The van der Waals surface area contributed by atoms with Crippen molar-refractivity contribution in [1.82, 2.24) is 9.21 Å². The Kier molecular flexibility index (Phi) is 8.87. The van der Waals surface area contributed by atoms with E-state index in [0.717, 1.165) is 37.9 Å². The largest absolute Gasteiger partial charge is 0.493 e. The van der Waals surface area contributed by atoms with Crippen molar-refractivity contribution in [2.24, 2.45) is 5.41 Å². The van der Waals surface area contributed by atoms with Gasteiger partial charge in [0, 0.05) is 48.1 Å². The summed E-state index contributed by atoms with van der Waals surface area (Å²) >= 11 is 12.1. The van der Waals surface area contributed by atoms with E-state index in [2.05, 4.69) is 0 Å². The summed E-state index contributed by atoms with van der Waals surface area (Å²) in [6, 6.07) is 12.4. The highest BCUT2D eigenvalue weighted by atomic mass is 35.5. The summed E-state index contributed by atoms with van der Waals surface area (Å²) < 4.78 is 34.0. The first-order valence-electron chi connectivity index (χ1n) is 12.5. The van der Waals surface area contributed by atoms with Crippen molar-refractivity contribution >= 4 is 39.1 Å². The van der Waals surface area contributed by atoms with Crippen LogP contribution < -0.4 is 4.74 Å². The second-order valence-corrected chi connectivity index (χ2v) is 12.9. The third kappa shape index (κ3) is 6.94. The molecule has 0 spiro atoms. The molecule has 0 atom stereocenters. The van der Waals surface area contributed by atoms with E-state index in [-0.39, 0.29) is 11.7 Å². The number of aryl methyl sites for hydroxylation is 1. The van der Waals surface area contributed by atoms with E-state index >= 15 is 0 Å². The number of hydrogen-bond acceptors (Lipinski definition) is 4. The van der Waals surface area contributed by atoms with Crippen molar-refractivity contribution in [2.75, 3.05) is 32.8 Å². The summed E-state index contributed by atoms with van der Waals surface area (Å²) in [4.78, 5) is 15.2. The van der Waals surface area contributed by atoms with Crippen LogP contribution in [0.15, 0.2) is 42.5 Å². The molecule has 196 valence electrons. The number of carbonyl (C=O) groups is 1. The molecule has 4 rings (SSSR count). The van der Waals surface area contributed by atoms with Crippen LogP contribution >= 0.6 is 23.2 Å². The Morgan fingerprint density at radius 3 is 2.28 bits per heavy atom. The molecule has 2 fully saturated rings.